The highest BCUT2D eigenvalue weighted by atomic mass is 127. The summed E-state index contributed by atoms with van der Waals surface area (Å²) in [5.41, 5.74) is 8.64. The average molecular weight is 560 g/mol. The number of benzene rings is 1. The molecule has 4 N–H and O–H groups in total. The van der Waals surface area contributed by atoms with Crippen LogP contribution < -0.4 is 26.6 Å². The van der Waals surface area contributed by atoms with E-state index in [1.165, 1.54) is 11.8 Å². The number of nitrogens with one attached hydrogen (secondary N) is 2. The Hall–Kier alpha value is -1.64. The van der Waals surface area contributed by atoms with Crippen LogP contribution >= 0.6 is 34.4 Å². The molecule has 0 fully saturated rings. The minimum absolute atomic E-state index is 0.175. The van der Waals surface area contributed by atoms with Crippen molar-refractivity contribution in [1.82, 2.24) is 19.6 Å². The predicted molar refractivity (Wildman–Crippen MR) is 122 cm³/mol. The summed E-state index contributed by atoms with van der Waals surface area (Å²) in [5, 5.41) is 4.28. The van der Waals surface area contributed by atoms with Crippen LogP contribution in [0.2, 0.25) is 0 Å². The number of halogens is 1. The van der Waals surface area contributed by atoms with E-state index in [1.807, 2.05) is 10.6 Å². The molecule has 0 bridgehead atoms. The van der Waals surface area contributed by atoms with E-state index in [2.05, 4.69) is 48.7 Å². The van der Waals surface area contributed by atoms with Gasteiger partial charge in [-0.05, 0) is 53.1 Å². The monoisotopic (exact) mass is 560 g/mol. The first-order valence-electron chi connectivity index (χ1n) is 9.36. The topological polar surface area (TPSA) is 131 Å². The van der Waals surface area contributed by atoms with E-state index in [9.17, 15) is 13.2 Å². The van der Waals surface area contributed by atoms with Crippen LogP contribution in [0.3, 0.4) is 0 Å². The Bertz CT molecular complexity index is 1260. The van der Waals surface area contributed by atoms with Gasteiger partial charge >= 0.3 is 0 Å². The molecule has 0 radical (unpaired) electrons. The third kappa shape index (κ3) is 4.50. The summed E-state index contributed by atoms with van der Waals surface area (Å²) in [6.45, 7) is 1.21. The van der Waals surface area contributed by atoms with Gasteiger partial charge in [0.1, 0.15) is 17.8 Å². The van der Waals surface area contributed by atoms with E-state index < -0.39 is 10.0 Å². The van der Waals surface area contributed by atoms with Crippen LogP contribution in [-0.4, -0.2) is 43.2 Å². The second-order valence-corrected chi connectivity index (χ2v) is 11.1. The molecule has 1 aliphatic carbocycles. The number of sulfonamides is 1. The Kier molecular flexibility index (Phi) is 6.10. The van der Waals surface area contributed by atoms with Crippen LogP contribution in [0.5, 0.6) is 0 Å². The molecule has 1 aromatic carbocycles. The van der Waals surface area contributed by atoms with Crippen LogP contribution in [0.1, 0.15) is 28.8 Å². The quantitative estimate of drug-likeness (QED) is 0.319. The fourth-order valence-electron chi connectivity index (χ4n) is 3.44. The van der Waals surface area contributed by atoms with Gasteiger partial charge in [-0.1, -0.05) is 11.8 Å². The summed E-state index contributed by atoms with van der Waals surface area (Å²) in [6, 6.07) is 4.02. The second kappa shape index (κ2) is 8.48. The Labute approximate surface area is 191 Å². The van der Waals surface area contributed by atoms with Crippen LogP contribution in [0.15, 0.2) is 27.2 Å². The average Bonchev–Trinajstić information content (AvgIpc) is 3.20. The summed E-state index contributed by atoms with van der Waals surface area (Å²) in [4.78, 5) is 22.3. The van der Waals surface area contributed by atoms with Gasteiger partial charge in [-0.25, -0.2) is 23.1 Å². The highest BCUT2D eigenvalue weighted by Gasteiger charge is 2.23. The summed E-state index contributed by atoms with van der Waals surface area (Å²) >= 11 is 3.75. The van der Waals surface area contributed by atoms with Gasteiger partial charge in [-0.3, -0.25) is 4.79 Å². The molecule has 9 nitrogen and oxygen atoms in total. The third-order valence-electron chi connectivity index (χ3n) is 4.86. The molecule has 0 saturated carbocycles. The van der Waals surface area contributed by atoms with Gasteiger partial charge < -0.3 is 15.6 Å². The first kappa shape index (κ1) is 21.6. The van der Waals surface area contributed by atoms with Crippen molar-refractivity contribution in [3.8, 4) is 0 Å². The summed E-state index contributed by atoms with van der Waals surface area (Å²) < 4.78 is 28.2. The lowest BCUT2D eigenvalue weighted by Crippen LogP contribution is -2.43. The zero-order chi connectivity index (χ0) is 21.5. The number of hydrogen-bond acceptors (Lipinski definition) is 8. The van der Waals surface area contributed by atoms with Gasteiger partial charge in [-0.2, -0.15) is 0 Å². The minimum atomic E-state index is -3.24. The standard InChI is InChI=1S/C18H21IN6O3S2/c1-30(27,28)23-5-2-6-25-17-15(16(20)21-9-22-17)24-18(25)29-14-8-11-10(7-12(14)19)3-4-13(11)26/h7-8,21,23H,2-6,9,20H2,1H3. The third-order valence-corrected chi connectivity index (χ3v) is 7.90. The lowest BCUT2D eigenvalue weighted by molar-refractivity contribution is 0.0994. The molecule has 0 unspecified atom stereocenters. The highest BCUT2D eigenvalue weighted by Crippen LogP contribution is 2.34. The maximum atomic E-state index is 12.2. The summed E-state index contributed by atoms with van der Waals surface area (Å²) in [7, 11) is -3.24. The fourth-order valence-corrected chi connectivity index (χ4v) is 5.78. The summed E-state index contributed by atoms with van der Waals surface area (Å²) in [5.74, 6) is 0.642. The van der Waals surface area contributed by atoms with E-state index in [1.54, 1.807) is 0 Å². The van der Waals surface area contributed by atoms with Crippen molar-refractivity contribution in [3.63, 3.8) is 0 Å². The Morgan fingerprint density at radius 1 is 1.37 bits per heavy atom. The van der Waals surface area contributed by atoms with Crippen LogP contribution in [-0.2, 0) is 23.0 Å². The van der Waals surface area contributed by atoms with Crippen molar-refractivity contribution in [2.75, 3.05) is 19.5 Å². The SMILES string of the molecule is CS(=O)(=O)NCCCn1c(Sc2cc3c(cc2I)CCC3=O)nc2c1=NCNC=2N. The predicted octanol–water partition coefficient (Wildman–Crippen LogP) is -0.0882. The molecule has 1 aromatic heterocycles. The number of carbonyl (C=O) groups is 1. The zero-order valence-corrected chi connectivity index (χ0v) is 20.0. The highest BCUT2D eigenvalue weighted by molar-refractivity contribution is 14.1. The van der Waals surface area contributed by atoms with E-state index in [0.29, 0.717) is 54.4 Å². The van der Waals surface area contributed by atoms with Crippen molar-refractivity contribution in [3.05, 3.63) is 37.7 Å². The number of rotatable bonds is 7. The van der Waals surface area contributed by atoms with E-state index in [-0.39, 0.29) is 5.78 Å². The van der Waals surface area contributed by atoms with Crippen molar-refractivity contribution in [1.29, 1.82) is 0 Å². The maximum absolute atomic E-state index is 12.2. The van der Waals surface area contributed by atoms with E-state index >= 15 is 0 Å². The first-order valence-corrected chi connectivity index (χ1v) is 13.1. The lowest BCUT2D eigenvalue weighted by Gasteiger charge is -2.11. The molecule has 2 heterocycles. The number of fused-ring (bicyclic) bond motifs is 2. The molecule has 0 atom stereocenters. The smallest absolute Gasteiger partial charge is 0.208 e. The molecule has 0 amide bonds. The van der Waals surface area contributed by atoms with Crippen LogP contribution in [0.25, 0.3) is 5.82 Å². The van der Waals surface area contributed by atoms with Gasteiger partial charge in [0.2, 0.25) is 10.0 Å². The Balaban J connectivity index is 1.68. The van der Waals surface area contributed by atoms with Gasteiger partial charge in [0.15, 0.2) is 16.4 Å². The molecule has 0 saturated heterocycles. The molecule has 4 rings (SSSR count). The Morgan fingerprint density at radius 3 is 2.93 bits per heavy atom. The maximum Gasteiger partial charge on any atom is 0.208 e. The number of imidazole rings is 1. The van der Waals surface area contributed by atoms with Gasteiger partial charge in [0.05, 0.1) is 6.26 Å². The van der Waals surface area contributed by atoms with Crippen molar-refractivity contribution >= 4 is 56.0 Å². The lowest BCUT2D eigenvalue weighted by atomic mass is 10.1. The zero-order valence-electron chi connectivity index (χ0n) is 16.2. The molecular formula is C18H21IN6O3S2. The molecular weight excluding hydrogens is 539 g/mol. The number of Topliss-reactive ketones (excluding diaryl/α,β-unsaturated/α-hetero) is 1. The molecule has 1 aliphatic heterocycles. The number of nitrogens with two attached hydrogens (primary N) is 1. The van der Waals surface area contributed by atoms with Crippen LogP contribution in [0, 0.1) is 3.57 Å². The number of hydrogen-bond donors (Lipinski definition) is 3. The summed E-state index contributed by atoms with van der Waals surface area (Å²) in [6.07, 6.45) is 3.07. The van der Waals surface area contributed by atoms with Crippen molar-refractivity contribution in [2.24, 2.45) is 10.7 Å². The Morgan fingerprint density at radius 2 is 2.17 bits per heavy atom. The van der Waals surface area contributed by atoms with E-state index in [0.717, 1.165) is 32.3 Å². The molecule has 160 valence electrons. The van der Waals surface area contributed by atoms with E-state index in [4.69, 9.17) is 5.73 Å². The molecule has 2 aliphatic rings. The number of ketones is 1. The van der Waals surface area contributed by atoms with Gasteiger partial charge in [-0.15, -0.1) is 0 Å². The van der Waals surface area contributed by atoms with Gasteiger partial charge in [0.25, 0.3) is 0 Å². The molecule has 0 spiro atoms. The number of aromatic nitrogens is 2. The fraction of sp³-hybridized carbons (Fsp3) is 0.389. The largest absolute Gasteiger partial charge is 0.384 e. The van der Waals surface area contributed by atoms with Crippen LogP contribution in [0.4, 0.5) is 0 Å². The number of carbonyl (C=O) groups excluding carboxylic acids is 1. The van der Waals surface area contributed by atoms with Crippen molar-refractivity contribution in [2.45, 2.75) is 35.9 Å². The molecule has 2 aromatic rings. The minimum Gasteiger partial charge on any atom is -0.384 e. The molecule has 30 heavy (non-hydrogen) atoms. The first-order chi connectivity index (χ1) is 14.2. The number of nitrogens with zero attached hydrogens (tertiary/aromatic N) is 3. The number of aryl methyl sites for hydroxylation is 1. The van der Waals surface area contributed by atoms with Crippen molar-refractivity contribution < 1.29 is 13.2 Å². The second-order valence-electron chi connectivity index (χ2n) is 7.11. The normalized spacial score (nSPS) is 15.5. The van der Waals surface area contributed by atoms with Gasteiger partial charge in [0, 0.05) is 33.5 Å². The molecule has 12 heteroatoms.